The third-order valence-electron chi connectivity index (χ3n) is 4.06. The number of amidine groups is 1. The van der Waals surface area contributed by atoms with Crippen LogP contribution in [-0.2, 0) is 9.53 Å². The number of hydrogen-bond donors (Lipinski definition) is 1. The molecular weight excluding hydrogens is 400 g/mol. The van der Waals surface area contributed by atoms with Crippen molar-refractivity contribution < 1.29 is 19.1 Å². The SMILES string of the molecule is CCNC(=O)CN(C)C(=O)O[C@H]1c2nccnc2C(=O)N1C1=NC=C(Cl)CC=C1. The summed E-state index contributed by atoms with van der Waals surface area (Å²) in [5.41, 5.74) is 0.250. The van der Waals surface area contributed by atoms with Crippen LogP contribution in [-0.4, -0.2) is 63.6 Å². The van der Waals surface area contributed by atoms with Crippen molar-refractivity contribution in [2.24, 2.45) is 4.99 Å². The molecule has 10 nitrogen and oxygen atoms in total. The summed E-state index contributed by atoms with van der Waals surface area (Å²) in [4.78, 5) is 51.9. The van der Waals surface area contributed by atoms with Gasteiger partial charge in [0.2, 0.25) is 12.1 Å². The number of nitrogens with zero attached hydrogens (tertiary/aromatic N) is 5. The molecule has 0 aromatic carbocycles. The van der Waals surface area contributed by atoms with Gasteiger partial charge in [-0.25, -0.2) is 19.7 Å². The molecule has 1 atom stereocenters. The topological polar surface area (TPSA) is 117 Å². The van der Waals surface area contributed by atoms with Crippen LogP contribution >= 0.6 is 11.6 Å². The van der Waals surface area contributed by atoms with Crippen molar-refractivity contribution in [1.29, 1.82) is 0 Å². The lowest BCUT2D eigenvalue weighted by molar-refractivity contribution is -0.121. The van der Waals surface area contributed by atoms with E-state index in [0.717, 1.165) is 4.90 Å². The number of allylic oxidation sites excluding steroid dienone is 2. The Morgan fingerprint density at radius 2 is 2.14 bits per heavy atom. The van der Waals surface area contributed by atoms with Crippen molar-refractivity contribution in [3.05, 3.63) is 47.2 Å². The van der Waals surface area contributed by atoms with Gasteiger partial charge in [0.05, 0.1) is 0 Å². The first-order valence-electron chi connectivity index (χ1n) is 8.84. The van der Waals surface area contributed by atoms with E-state index in [9.17, 15) is 14.4 Å². The van der Waals surface area contributed by atoms with E-state index in [2.05, 4.69) is 20.3 Å². The normalized spacial score (nSPS) is 17.8. The smallest absolute Gasteiger partial charge is 0.412 e. The lowest BCUT2D eigenvalue weighted by Crippen LogP contribution is -2.41. The Morgan fingerprint density at radius 3 is 2.90 bits per heavy atom. The first-order chi connectivity index (χ1) is 13.9. The number of carbonyl (C=O) groups is 3. The summed E-state index contributed by atoms with van der Waals surface area (Å²) in [5, 5.41) is 3.09. The second-order valence-corrected chi connectivity index (χ2v) is 6.67. The summed E-state index contributed by atoms with van der Waals surface area (Å²) < 4.78 is 5.52. The quantitative estimate of drug-likeness (QED) is 0.793. The van der Waals surface area contributed by atoms with Gasteiger partial charge in [-0.05, 0) is 13.0 Å². The highest BCUT2D eigenvalue weighted by Gasteiger charge is 2.44. The minimum atomic E-state index is -1.18. The van der Waals surface area contributed by atoms with Crippen LogP contribution in [0, 0.1) is 0 Å². The van der Waals surface area contributed by atoms with Gasteiger partial charge in [0.25, 0.3) is 5.91 Å². The van der Waals surface area contributed by atoms with Gasteiger partial charge >= 0.3 is 6.09 Å². The number of halogens is 1. The van der Waals surface area contributed by atoms with Gasteiger partial charge < -0.3 is 15.0 Å². The number of amides is 3. The Hall–Kier alpha value is -3.27. The average Bonchev–Trinajstić information content (AvgIpc) is 2.82. The maximum absolute atomic E-state index is 12.9. The molecular formula is C18H19ClN6O4. The van der Waals surface area contributed by atoms with Gasteiger partial charge in [0, 0.05) is 43.6 Å². The maximum Gasteiger partial charge on any atom is 0.412 e. The fraction of sp³-hybridized carbons (Fsp3) is 0.333. The minimum Gasteiger partial charge on any atom is -0.419 e. The average molecular weight is 419 g/mol. The summed E-state index contributed by atoms with van der Waals surface area (Å²) in [5.74, 6) is -0.607. The number of hydrogen-bond acceptors (Lipinski definition) is 7. The lowest BCUT2D eigenvalue weighted by atomic mass is 10.3. The lowest BCUT2D eigenvalue weighted by Gasteiger charge is -2.26. The molecule has 1 N–H and O–H groups in total. The zero-order valence-corrected chi connectivity index (χ0v) is 16.6. The highest BCUT2D eigenvalue weighted by atomic mass is 35.5. The molecule has 3 heterocycles. The van der Waals surface area contributed by atoms with Gasteiger partial charge in [-0.2, -0.15) is 0 Å². The molecule has 0 fully saturated rings. The van der Waals surface area contributed by atoms with Crippen molar-refractivity contribution in [2.45, 2.75) is 19.6 Å². The largest absolute Gasteiger partial charge is 0.419 e. The molecule has 152 valence electrons. The van der Waals surface area contributed by atoms with Gasteiger partial charge in [-0.15, -0.1) is 0 Å². The third-order valence-corrected chi connectivity index (χ3v) is 4.31. The Morgan fingerprint density at radius 1 is 1.38 bits per heavy atom. The van der Waals surface area contributed by atoms with E-state index in [1.165, 1.54) is 30.5 Å². The molecule has 0 unspecified atom stereocenters. The molecule has 0 saturated heterocycles. The Bertz CT molecular complexity index is 929. The molecule has 0 bridgehead atoms. The van der Waals surface area contributed by atoms with Crippen LogP contribution in [0.15, 0.2) is 40.8 Å². The fourth-order valence-electron chi connectivity index (χ4n) is 2.74. The highest BCUT2D eigenvalue weighted by Crippen LogP contribution is 2.33. The van der Waals surface area contributed by atoms with Crippen molar-refractivity contribution in [1.82, 2.24) is 25.1 Å². The maximum atomic E-state index is 12.9. The fourth-order valence-corrected chi connectivity index (χ4v) is 2.88. The number of aliphatic imine (C=N–C) groups is 1. The van der Waals surface area contributed by atoms with E-state index in [0.29, 0.717) is 18.0 Å². The van der Waals surface area contributed by atoms with Crippen molar-refractivity contribution >= 4 is 35.3 Å². The van der Waals surface area contributed by atoms with Gasteiger partial charge in [0.15, 0.2) is 5.69 Å². The van der Waals surface area contributed by atoms with Crippen LogP contribution in [0.1, 0.15) is 35.8 Å². The molecule has 1 aromatic heterocycles. The van der Waals surface area contributed by atoms with E-state index < -0.39 is 18.2 Å². The number of carbonyl (C=O) groups excluding carboxylic acids is 3. The summed E-state index contributed by atoms with van der Waals surface area (Å²) >= 11 is 6.00. The molecule has 2 aliphatic rings. The first kappa shape index (κ1) is 20.5. The molecule has 0 spiro atoms. The third kappa shape index (κ3) is 4.43. The van der Waals surface area contributed by atoms with E-state index in [-0.39, 0.29) is 29.7 Å². The molecule has 0 saturated carbocycles. The molecule has 0 aliphatic carbocycles. The van der Waals surface area contributed by atoms with Crippen molar-refractivity contribution in [3.63, 3.8) is 0 Å². The number of nitrogens with one attached hydrogen (secondary N) is 1. The van der Waals surface area contributed by atoms with E-state index >= 15 is 0 Å². The molecule has 2 aliphatic heterocycles. The van der Waals surface area contributed by atoms with Gasteiger partial charge in [-0.1, -0.05) is 17.7 Å². The summed E-state index contributed by atoms with van der Waals surface area (Å²) in [7, 11) is 1.42. The summed E-state index contributed by atoms with van der Waals surface area (Å²) in [6.45, 7) is 2.02. The molecule has 0 radical (unpaired) electrons. The van der Waals surface area contributed by atoms with Crippen molar-refractivity contribution in [3.8, 4) is 0 Å². The zero-order valence-electron chi connectivity index (χ0n) is 15.8. The molecule has 29 heavy (non-hydrogen) atoms. The molecule has 1 aromatic rings. The Labute approximate surface area is 171 Å². The number of aromatic nitrogens is 2. The van der Waals surface area contributed by atoms with Gasteiger partial charge in [-0.3, -0.25) is 14.6 Å². The van der Waals surface area contributed by atoms with Crippen LogP contribution in [0.5, 0.6) is 0 Å². The predicted octanol–water partition coefficient (Wildman–Crippen LogP) is 1.57. The number of ether oxygens (including phenoxy) is 1. The van der Waals surface area contributed by atoms with Crippen LogP contribution < -0.4 is 5.32 Å². The van der Waals surface area contributed by atoms with Crippen LogP contribution in [0.4, 0.5) is 4.79 Å². The van der Waals surface area contributed by atoms with Crippen LogP contribution in [0.25, 0.3) is 0 Å². The van der Waals surface area contributed by atoms with Crippen LogP contribution in [0.3, 0.4) is 0 Å². The number of fused-ring (bicyclic) bond motifs is 1. The Balaban J connectivity index is 1.88. The zero-order chi connectivity index (χ0) is 21.0. The first-order valence-corrected chi connectivity index (χ1v) is 9.22. The Kier molecular flexibility index (Phi) is 6.23. The standard InChI is InChI=1S/C18H19ClN6O4/c1-3-20-13(26)10-24(2)18(28)29-17-15-14(21-7-8-22-15)16(27)25(17)12-6-4-5-11(19)9-23-12/h4,6-9,17H,3,5,10H2,1-2H3,(H,20,26)/t17-/m0/s1. The van der Waals surface area contributed by atoms with E-state index in [4.69, 9.17) is 16.3 Å². The number of likely N-dealkylation sites (N-methyl/N-ethyl adjacent to an activating group) is 2. The van der Waals surface area contributed by atoms with Crippen molar-refractivity contribution in [2.75, 3.05) is 20.1 Å². The molecule has 3 amide bonds. The predicted molar refractivity (Wildman–Crippen MR) is 104 cm³/mol. The van der Waals surface area contributed by atoms with Crippen LogP contribution in [0.2, 0.25) is 0 Å². The number of rotatable bonds is 4. The second kappa shape index (κ2) is 8.82. The molecule has 3 rings (SSSR count). The summed E-state index contributed by atoms with van der Waals surface area (Å²) in [6, 6.07) is 0. The highest BCUT2D eigenvalue weighted by molar-refractivity contribution is 6.29. The van der Waals surface area contributed by atoms with E-state index in [1.807, 2.05) is 0 Å². The van der Waals surface area contributed by atoms with Gasteiger partial charge in [0.1, 0.15) is 18.1 Å². The summed E-state index contributed by atoms with van der Waals surface area (Å²) in [6.07, 6.45) is 6.02. The minimum absolute atomic E-state index is 0.0621. The monoisotopic (exact) mass is 418 g/mol. The van der Waals surface area contributed by atoms with E-state index in [1.54, 1.807) is 19.1 Å². The second-order valence-electron chi connectivity index (χ2n) is 6.18. The molecule has 11 heteroatoms.